The summed E-state index contributed by atoms with van der Waals surface area (Å²) in [4.78, 5) is 43.6. The van der Waals surface area contributed by atoms with Gasteiger partial charge in [-0.3, -0.25) is 23.4 Å². The molecule has 9 nitrogen and oxygen atoms in total. The molecule has 1 aliphatic heterocycles. The average Bonchev–Trinajstić information content (AvgIpc) is 3.32. The largest absolute Gasteiger partial charge is 0.481 e. The number of amides is 1. The zero-order valence-electron chi connectivity index (χ0n) is 20.5. The first-order valence-electron chi connectivity index (χ1n) is 12.5. The molecule has 4 rings (SSSR count). The minimum atomic E-state index is -0.942. The third-order valence-electron chi connectivity index (χ3n) is 6.57. The van der Waals surface area contributed by atoms with Crippen LogP contribution in [0.2, 0.25) is 5.02 Å². The Balaban J connectivity index is 1.67. The van der Waals surface area contributed by atoms with E-state index in [9.17, 15) is 14.4 Å². The van der Waals surface area contributed by atoms with Crippen LogP contribution in [0.25, 0.3) is 17.0 Å². The number of rotatable bonds is 10. The number of hydrogen-bond acceptors (Lipinski definition) is 5. The lowest BCUT2D eigenvalue weighted by molar-refractivity contribution is -0.137. The lowest BCUT2D eigenvalue weighted by Gasteiger charge is -2.35. The fraction of sp³-hybridized carbons (Fsp3) is 0.462. The Morgan fingerprint density at radius 2 is 2.00 bits per heavy atom. The summed E-state index contributed by atoms with van der Waals surface area (Å²) in [6.45, 7) is 4.16. The number of aromatic nitrogens is 3. The average molecular weight is 514 g/mol. The maximum absolute atomic E-state index is 13.2. The first-order chi connectivity index (χ1) is 17.4. The van der Waals surface area contributed by atoms with E-state index >= 15 is 0 Å². The van der Waals surface area contributed by atoms with E-state index in [4.69, 9.17) is 21.7 Å². The van der Waals surface area contributed by atoms with Crippen molar-refractivity contribution in [3.63, 3.8) is 0 Å². The van der Waals surface area contributed by atoms with Crippen LogP contribution in [0.4, 0.5) is 5.82 Å². The second kappa shape index (κ2) is 11.6. The molecule has 192 valence electrons. The summed E-state index contributed by atoms with van der Waals surface area (Å²) < 4.78 is 3.67. The summed E-state index contributed by atoms with van der Waals surface area (Å²) in [7, 11) is 0. The van der Waals surface area contributed by atoms with Crippen LogP contribution < -0.4 is 15.8 Å². The number of halogens is 1. The van der Waals surface area contributed by atoms with Crippen LogP contribution in [-0.4, -0.2) is 50.6 Å². The first-order valence-corrected chi connectivity index (χ1v) is 12.9. The molecule has 0 radical (unpaired) electrons. The van der Waals surface area contributed by atoms with Crippen LogP contribution in [-0.2, 0) is 16.1 Å². The molecule has 1 atom stereocenters. The summed E-state index contributed by atoms with van der Waals surface area (Å²) >= 11 is 6.04. The number of aryl methyl sites for hydroxylation is 1. The van der Waals surface area contributed by atoms with Crippen molar-refractivity contribution in [3.8, 4) is 11.3 Å². The van der Waals surface area contributed by atoms with Crippen molar-refractivity contribution in [2.24, 2.45) is 5.92 Å². The van der Waals surface area contributed by atoms with E-state index in [0.717, 1.165) is 50.0 Å². The van der Waals surface area contributed by atoms with Gasteiger partial charge in [-0.25, -0.2) is 4.98 Å². The second-order valence-corrected chi connectivity index (χ2v) is 9.66. The zero-order valence-corrected chi connectivity index (χ0v) is 21.2. The number of imidazole rings is 1. The summed E-state index contributed by atoms with van der Waals surface area (Å²) in [5, 5.41) is 12.2. The lowest BCUT2D eigenvalue weighted by Crippen LogP contribution is -2.44. The van der Waals surface area contributed by atoms with Gasteiger partial charge in [0.25, 0.3) is 5.56 Å². The summed E-state index contributed by atoms with van der Waals surface area (Å²) in [5.41, 5.74) is 1.40. The van der Waals surface area contributed by atoms with Crippen molar-refractivity contribution in [3.05, 3.63) is 51.9 Å². The van der Waals surface area contributed by atoms with Crippen LogP contribution in [0.3, 0.4) is 0 Å². The van der Waals surface area contributed by atoms with Gasteiger partial charge in [0.2, 0.25) is 11.7 Å². The Labute approximate surface area is 214 Å². The first kappa shape index (κ1) is 25.8. The van der Waals surface area contributed by atoms with E-state index in [0.29, 0.717) is 29.6 Å². The van der Waals surface area contributed by atoms with E-state index in [-0.39, 0.29) is 30.3 Å². The Kier molecular flexibility index (Phi) is 8.30. The smallest absolute Gasteiger partial charge is 0.305 e. The van der Waals surface area contributed by atoms with Crippen molar-refractivity contribution >= 4 is 35.1 Å². The highest BCUT2D eigenvalue weighted by molar-refractivity contribution is 6.30. The number of carboxylic acid groups (broad SMARTS) is 1. The van der Waals surface area contributed by atoms with Crippen LogP contribution in [0.15, 0.2) is 41.3 Å². The van der Waals surface area contributed by atoms with Gasteiger partial charge in [0, 0.05) is 49.0 Å². The molecule has 2 N–H and O–H groups in total. The number of carboxylic acids is 1. The van der Waals surface area contributed by atoms with Crippen LogP contribution in [0.1, 0.15) is 45.4 Å². The number of unbranched alkanes of at least 4 members (excludes halogenated alkanes) is 2. The van der Waals surface area contributed by atoms with Gasteiger partial charge in [-0.1, -0.05) is 43.5 Å². The van der Waals surface area contributed by atoms with E-state index in [1.165, 1.54) is 0 Å². The minimum absolute atomic E-state index is 0.106. The van der Waals surface area contributed by atoms with E-state index < -0.39 is 5.97 Å². The molecule has 0 aliphatic carbocycles. The van der Waals surface area contributed by atoms with E-state index in [2.05, 4.69) is 21.7 Å². The lowest BCUT2D eigenvalue weighted by atomic mass is 9.97. The number of piperidine rings is 1. The van der Waals surface area contributed by atoms with Gasteiger partial charge in [0.15, 0.2) is 0 Å². The van der Waals surface area contributed by atoms with Crippen molar-refractivity contribution in [1.82, 2.24) is 19.3 Å². The molecule has 1 aliphatic rings. The van der Waals surface area contributed by atoms with Crippen molar-refractivity contribution in [1.29, 1.82) is 0 Å². The number of carbonyl (C=O) groups is 2. The van der Waals surface area contributed by atoms with Crippen molar-refractivity contribution in [2.45, 2.75) is 52.0 Å². The molecule has 1 amide bonds. The summed E-state index contributed by atoms with van der Waals surface area (Å²) in [6.07, 6.45) is 6.24. The fourth-order valence-electron chi connectivity index (χ4n) is 4.68. The molecule has 36 heavy (non-hydrogen) atoms. The third kappa shape index (κ3) is 5.90. The number of nitrogens with one attached hydrogen (secondary N) is 1. The molecule has 0 saturated carbocycles. The Hall–Kier alpha value is -3.33. The molecule has 2 aromatic heterocycles. The SMILES string of the molecule is CCCCCn1c(N2CCC[C@@H](C(=O)NCCC(=O)O)C2)cc(=O)n2cc(-c3ccc(Cl)cc3)nc12. The molecule has 0 bridgehead atoms. The minimum Gasteiger partial charge on any atom is -0.481 e. The van der Waals surface area contributed by atoms with Gasteiger partial charge in [0.05, 0.1) is 18.0 Å². The highest BCUT2D eigenvalue weighted by Gasteiger charge is 2.28. The second-order valence-electron chi connectivity index (χ2n) is 9.22. The number of nitrogens with zero attached hydrogens (tertiary/aromatic N) is 4. The maximum Gasteiger partial charge on any atom is 0.305 e. The summed E-state index contributed by atoms with van der Waals surface area (Å²) in [6, 6.07) is 9.01. The van der Waals surface area contributed by atoms with Gasteiger partial charge in [-0.15, -0.1) is 0 Å². The predicted molar refractivity (Wildman–Crippen MR) is 140 cm³/mol. The highest BCUT2D eigenvalue weighted by Crippen LogP contribution is 2.26. The Bertz CT molecular complexity index is 1280. The van der Waals surface area contributed by atoms with Crippen LogP contribution in [0.5, 0.6) is 0 Å². The predicted octanol–water partition coefficient (Wildman–Crippen LogP) is 3.81. The van der Waals surface area contributed by atoms with E-state index in [1.807, 2.05) is 12.1 Å². The normalized spacial score (nSPS) is 15.8. The van der Waals surface area contributed by atoms with Gasteiger partial charge >= 0.3 is 5.97 Å². The zero-order chi connectivity index (χ0) is 25.7. The molecular weight excluding hydrogens is 482 g/mol. The topological polar surface area (TPSA) is 109 Å². The van der Waals surface area contributed by atoms with Crippen molar-refractivity contribution in [2.75, 3.05) is 24.5 Å². The molecule has 3 heterocycles. The number of hydrogen-bond donors (Lipinski definition) is 2. The number of carbonyl (C=O) groups excluding carboxylic acids is 1. The number of fused-ring (bicyclic) bond motifs is 1. The monoisotopic (exact) mass is 513 g/mol. The van der Waals surface area contributed by atoms with E-state index in [1.54, 1.807) is 28.8 Å². The van der Waals surface area contributed by atoms with Gasteiger partial charge < -0.3 is 15.3 Å². The molecule has 1 fully saturated rings. The molecule has 3 aromatic rings. The third-order valence-corrected chi connectivity index (χ3v) is 6.83. The molecule has 1 saturated heterocycles. The molecule has 1 aromatic carbocycles. The number of benzene rings is 1. The Morgan fingerprint density at radius 1 is 1.22 bits per heavy atom. The molecule has 0 unspecified atom stereocenters. The molecule has 0 spiro atoms. The molecule has 10 heteroatoms. The number of anilines is 1. The van der Waals surface area contributed by atoms with Crippen LogP contribution >= 0.6 is 11.6 Å². The van der Waals surface area contributed by atoms with Gasteiger partial charge in [0.1, 0.15) is 5.82 Å². The fourth-order valence-corrected chi connectivity index (χ4v) is 4.80. The van der Waals surface area contributed by atoms with Gasteiger partial charge in [-0.05, 0) is 31.4 Å². The standard InChI is InChI=1S/C26H32ClN5O4/c1-2-3-4-14-31-22(30-13-5-6-19(16-30)25(36)28-12-11-24(34)35)15-23(33)32-17-21(29-26(31)32)18-7-9-20(27)10-8-18/h7-10,15,17,19H,2-6,11-14,16H2,1H3,(H,28,36)(H,34,35)/t19-/m1/s1. The quantitative estimate of drug-likeness (QED) is 0.399. The molecular formula is C26H32ClN5O4. The Morgan fingerprint density at radius 3 is 2.72 bits per heavy atom. The van der Waals surface area contributed by atoms with Crippen molar-refractivity contribution < 1.29 is 14.7 Å². The van der Waals surface area contributed by atoms with Crippen LogP contribution in [0, 0.1) is 5.92 Å². The number of aliphatic carboxylic acids is 1. The summed E-state index contributed by atoms with van der Waals surface area (Å²) in [5.74, 6) is -0.0193. The maximum atomic E-state index is 13.2. The van der Waals surface area contributed by atoms with Gasteiger partial charge in [-0.2, -0.15) is 0 Å². The highest BCUT2D eigenvalue weighted by atomic mass is 35.5.